The van der Waals surface area contributed by atoms with E-state index in [4.69, 9.17) is 9.97 Å². The fourth-order valence-corrected chi connectivity index (χ4v) is 4.75. The van der Waals surface area contributed by atoms with Gasteiger partial charge in [0.2, 0.25) is 0 Å². The molecule has 1 aromatic heterocycles. The van der Waals surface area contributed by atoms with Crippen LogP contribution < -0.4 is 5.32 Å². The lowest BCUT2D eigenvalue weighted by atomic mass is 10.1. The number of hydrogen-bond donors (Lipinski definition) is 1. The highest BCUT2D eigenvalue weighted by Gasteiger charge is 2.13. The van der Waals surface area contributed by atoms with Gasteiger partial charge in [-0.3, -0.25) is 0 Å². The molecule has 5 aromatic rings. The molecular formula is C26H20BrN3S. The third kappa shape index (κ3) is 4.29. The summed E-state index contributed by atoms with van der Waals surface area (Å²) in [6.45, 7) is 4.24. The summed E-state index contributed by atoms with van der Waals surface area (Å²) in [5.74, 6) is 0.760. The zero-order chi connectivity index (χ0) is 21.4. The van der Waals surface area contributed by atoms with Crippen molar-refractivity contribution < 1.29 is 0 Å². The maximum atomic E-state index is 5.03. The zero-order valence-electron chi connectivity index (χ0n) is 17.2. The van der Waals surface area contributed by atoms with Gasteiger partial charge in [0.15, 0.2) is 5.82 Å². The molecular weight excluding hydrogens is 466 g/mol. The lowest BCUT2D eigenvalue weighted by Crippen LogP contribution is -1.99. The van der Waals surface area contributed by atoms with E-state index in [1.165, 1.54) is 21.4 Å². The lowest BCUT2D eigenvalue weighted by Gasteiger charge is -2.13. The molecule has 0 fully saturated rings. The molecule has 1 heterocycles. The highest BCUT2D eigenvalue weighted by Crippen LogP contribution is 2.36. The van der Waals surface area contributed by atoms with Crippen LogP contribution in [0, 0.1) is 13.8 Å². The van der Waals surface area contributed by atoms with E-state index in [1.54, 1.807) is 11.8 Å². The van der Waals surface area contributed by atoms with E-state index in [2.05, 4.69) is 83.6 Å². The van der Waals surface area contributed by atoms with Gasteiger partial charge >= 0.3 is 0 Å². The molecule has 152 valence electrons. The van der Waals surface area contributed by atoms with Crippen LogP contribution in [0.5, 0.6) is 0 Å². The third-order valence-electron chi connectivity index (χ3n) is 5.16. The standard InChI is InChI=1S/C26H20BrN3S/c1-16-7-8-17(2)24(13-16)31-26-25(28-21-11-9-20(27)10-12-21)29-22-14-18-5-3-4-6-19(18)15-23(22)30-26/h3-15H,1-2H3,(H,28,29). The van der Waals surface area contributed by atoms with Gasteiger partial charge in [-0.2, -0.15) is 0 Å². The Labute approximate surface area is 194 Å². The minimum absolute atomic E-state index is 0.760. The number of hydrogen-bond acceptors (Lipinski definition) is 4. The molecule has 0 aliphatic rings. The van der Waals surface area contributed by atoms with E-state index < -0.39 is 0 Å². The molecule has 0 spiro atoms. The third-order valence-corrected chi connectivity index (χ3v) is 6.82. The van der Waals surface area contributed by atoms with Gasteiger partial charge in [0.25, 0.3) is 0 Å². The predicted molar refractivity (Wildman–Crippen MR) is 135 cm³/mol. The van der Waals surface area contributed by atoms with Gasteiger partial charge in [-0.05, 0) is 78.2 Å². The van der Waals surface area contributed by atoms with E-state index in [9.17, 15) is 0 Å². The maximum Gasteiger partial charge on any atom is 0.164 e. The van der Waals surface area contributed by atoms with Crippen molar-refractivity contribution in [3.05, 3.63) is 94.5 Å². The average Bonchev–Trinajstić information content (AvgIpc) is 2.77. The van der Waals surface area contributed by atoms with Crippen LogP contribution in [-0.4, -0.2) is 9.97 Å². The molecule has 1 N–H and O–H groups in total. The Bertz CT molecular complexity index is 1410. The molecule has 0 atom stereocenters. The van der Waals surface area contributed by atoms with Crippen LogP contribution in [0.4, 0.5) is 11.5 Å². The highest BCUT2D eigenvalue weighted by molar-refractivity contribution is 9.10. The molecule has 0 aliphatic carbocycles. The number of aromatic nitrogens is 2. The molecule has 0 bridgehead atoms. The predicted octanol–water partition coefficient (Wildman–Crippen LogP) is 8.06. The number of rotatable bonds is 4. The SMILES string of the molecule is Cc1ccc(C)c(Sc2nc3cc4ccccc4cc3nc2Nc2ccc(Br)cc2)c1. The number of nitrogens with one attached hydrogen (secondary N) is 1. The summed E-state index contributed by atoms with van der Waals surface area (Å²) in [4.78, 5) is 11.2. The lowest BCUT2D eigenvalue weighted by molar-refractivity contribution is 1.12. The molecule has 0 amide bonds. The van der Waals surface area contributed by atoms with Crippen LogP contribution in [0.15, 0.2) is 93.3 Å². The van der Waals surface area contributed by atoms with Crippen molar-refractivity contribution in [2.45, 2.75) is 23.8 Å². The van der Waals surface area contributed by atoms with Crippen LogP contribution in [0.1, 0.15) is 11.1 Å². The van der Waals surface area contributed by atoms with Gasteiger partial charge in [0, 0.05) is 15.1 Å². The first-order chi connectivity index (χ1) is 15.0. The summed E-state index contributed by atoms with van der Waals surface area (Å²) in [6.07, 6.45) is 0. The number of fused-ring (bicyclic) bond motifs is 2. The Hall–Kier alpha value is -2.89. The number of nitrogens with zero attached hydrogens (tertiary/aromatic N) is 2. The van der Waals surface area contributed by atoms with Crippen LogP contribution in [-0.2, 0) is 0 Å². The fourth-order valence-electron chi connectivity index (χ4n) is 3.47. The van der Waals surface area contributed by atoms with E-state index in [1.807, 2.05) is 30.3 Å². The molecule has 3 nitrogen and oxygen atoms in total. The second-order valence-electron chi connectivity index (χ2n) is 7.57. The minimum Gasteiger partial charge on any atom is -0.338 e. The minimum atomic E-state index is 0.760. The largest absolute Gasteiger partial charge is 0.338 e. The topological polar surface area (TPSA) is 37.8 Å². The van der Waals surface area contributed by atoms with Crippen molar-refractivity contribution in [2.24, 2.45) is 0 Å². The van der Waals surface area contributed by atoms with Crippen molar-refractivity contribution in [1.29, 1.82) is 0 Å². The number of aryl methyl sites for hydroxylation is 2. The van der Waals surface area contributed by atoms with Gasteiger partial charge in [0.05, 0.1) is 11.0 Å². The smallest absolute Gasteiger partial charge is 0.164 e. The van der Waals surface area contributed by atoms with Crippen LogP contribution in [0.3, 0.4) is 0 Å². The number of benzene rings is 4. The second kappa shape index (κ2) is 8.33. The van der Waals surface area contributed by atoms with Gasteiger partial charge in [-0.15, -0.1) is 0 Å². The quantitative estimate of drug-likeness (QED) is 0.261. The Morgan fingerprint density at radius 2 is 1.45 bits per heavy atom. The Morgan fingerprint density at radius 3 is 2.16 bits per heavy atom. The molecule has 4 aromatic carbocycles. The Morgan fingerprint density at radius 1 is 0.774 bits per heavy atom. The summed E-state index contributed by atoms with van der Waals surface area (Å²) in [5, 5.41) is 6.67. The number of halogens is 1. The Balaban J connectivity index is 1.66. The van der Waals surface area contributed by atoms with E-state index in [-0.39, 0.29) is 0 Å². The first kappa shape index (κ1) is 20.0. The molecule has 0 unspecified atom stereocenters. The van der Waals surface area contributed by atoms with E-state index in [0.717, 1.165) is 37.4 Å². The monoisotopic (exact) mass is 485 g/mol. The Kier molecular flexibility index (Phi) is 5.38. The molecule has 0 radical (unpaired) electrons. The van der Waals surface area contributed by atoms with Gasteiger partial charge in [0.1, 0.15) is 5.03 Å². The molecule has 31 heavy (non-hydrogen) atoms. The van der Waals surface area contributed by atoms with Gasteiger partial charge < -0.3 is 5.32 Å². The van der Waals surface area contributed by atoms with Crippen molar-refractivity contribution >= 4 is 61.0 Å². The normalized spacial score (nSPS) is 11.2. The summed E-state index contributed by atoms with van der Waals surface area (Å²) < 4.78 is 1.04. The van der Waals surface area contributed by atoms with Crippen molar-refractivity contribution in [2.75, 3.05) is 5.32 Å². The average molecular weight is 486 g/mol. The summed E-state index contributed by atoms with van der Waals surface area (Å²) in [7, 11) is 0. The van der Waals surface area contributed by atoms with Gasteiger partial charge in [-0.1, -0.05) is 64.1 Å². The zero-order valence-corrected chi connectivity index (χ0v) is 19.6. The van der Waals surface area contributed by atoms with Crippen LogP contribution in [0.2, 0.25) is 0 Å². The summed E-state index contributed by atoms with van der Waals surface area (Å²) >= 11 is 5.15. The fraction of sp³-hybridized carbons (Fsp3) is 0.0769. The van der Waals surface area contributed by atoms with Gasteiger partial charge in [-0.25, -0.2) is 9.97 Å². The van der Waals surface area contributed by atoms with Crippen molar-refractivity contribution in [3.63, 3.8) is 0 Å². The summed E-state index contributed by atoms with van der Waals surface area (Å²) in [6, 6.07) is 27.1. The highest BCUT2D eigenvalue weighted by atomic mass is 79.9. The maximum absolute atomic E-state index is 5.03. The van der Waals surface area contributed by atoms with Crippen LogP contribution >= 0.6 is 27.7 Å². The van der Waals surface area contributed by atoms with Crippen LogP contribution in [0.25, 0.3) is 21.8 Å². The molecule has 0 saturated carbocycles. The molecule has 0 saturated heterocycles. The second-order valence-corrected chi connectivity index (χ2v) is 9.51. The van der Waals surface area contributed by atoms with E-state index >= 15 is 0 Å². The molecule has 5 heteroatoms. The molecule has 0 aliphatic heterocycles. The molecule has 5 rings (SSSR count). The number of anilines is 2. The van der Waals surface area contributed by atoms with Crippen molar-refractivity contribution in [3.8, 4) is 0 Å². The van der Waals surface area contributed by atoms with Crippen molar-refractivity contribution in [1.82, 2.24) is 9.97 Å². The first-order valence-electron chi connectivity index (χ1n) is 10.0. The first-order valence-corrected chi connectivity index (χ1v) is 11.6. The van der Waals surface area contributed by atoms with E-state index in [0.29, 0.717) is 0 Å². The summed E-state index contributed by atoms with van der Waals surface area (Å²) in [5.41, 5.74) is 5.21.